The predicted molar refractivity (Wildman–Crippen MR) is 38.0 cm³/mol. The van der Waals surface area contributed by atoms with Crippen molar-refractivity contribution in [3.8, 4) is 0 Å². The third kappa shape index (κ3) is 10.9. The van der Waals surface area contributed by atoms with Crippen LogP contribution >= 0.6 is 0 Å². The highest BCUT2D eigenvalue weighted by molar-refractivity contribution is 5.77. The molecular weight excluding hydrogens is 230 g/mol. The summed E-state index contributed by atoms with van der Waals surface area (Å²) in [7, 11) is 0. The zero-order chi connectivity index (χ0) is 12.1. The third-order valence-corrected chi connectivity index (χ3v) is 1.10. The normalized spacial score (nSPS) is 12.7. The molecule has 0 heterocycles. The summed E-state index contributed by atoms with van der Waals surface area (Å²) >= 11 is 0. The van der Waals surface area contributed by atoms with E-state index in [0.29, 0.717) is 0 Å². The zero-order valence-corrected chi connectivity index (χ0v) is 7.30. The van der Waals surface area contributed by atoms with E-state index in [1.807, 2.05) is 0 Å². The molecule has 0 rings (SSSR count). The van der Waals surface area contributed by atoms with Crippen LogP contribution in [0.2, 0.25) is 0 Å². The number of halogens is 6. The molecule has 0 saturated heterocycles. The smallest absolute Gasteiger partial charge is 0.346 e. The van der Waals surface area contributed by atoms with E-state index in [1.54, 1.807) is 5.32 Å². The molecule has 0 saturated carbocycles. The maximum atomic E-state index is 11.5. The number of amides is 1. The maximum Gasteiger partial charge on any atom is 0.405 e. The molecule has 0 aromatic heterocycles. The fourth-order valence-electron chi connectivity index (χ4n) is 0.579. The lowest BCUT2D eigenvalue weighted by Crippen LogP contribution is -2.41. The molecule has 0 spiro atoms. The van der Waals surface area contributed by atoms with Crippen LogP contribution in [0.3, 0.4) is 0 Å². The molecule has 0 aliphatic heterocycles. The average Bonchev–Trinajstić information content (AvgIpc) is 1.97. The van der Waals surface area contributed by atoms with Gasteiger partial charge in [-0.15, -0.1) is 0 Å². The van der Waals surface area contributed by atoms with E-state index in [2.05, 4.69) is 0 Å². The van der Waals surface area contributed by atoms with Gasteiger partial charge in [-0.25, -0.2) is 0 Å². The summed E-state index contributed by atoms with van der Waals surface area (Å²) in [5.41, 5.74) is 0. The van der Waals surface area contributed by atoms with Gasteiger partial charge in [0, 0.05) is 0 Å². The fraction of sp³-hybridized carbons (Fsp3) is 0.833. The number of alkyl halides is 6. The molecule has 0 bridgehead atoms. The van der Waals surface area contributed by atoms with Crippen LogP contribution < -0.4 is 10.6 Å². The Kier molecular flexibility index (Phi) is 4.85. The Morgan fingerprint density at radius 3 is 1.80 bits per heavy atom. The van der Waals surface area contributed by atoms with Gasteiger partial charge in [-0.1, -0.05) is 0 Å². The molecule has 15 heavy (non-hydrogen) atoms. The van der Waals surface area contributed by atoms with Crippen molar-refractivity contribution in [3.63, 3.8) is 0 Å². The number of carbonyl (C=O) groups is 1. The highest BCUT2D eigenvalue weighted by Crippen LogP contribution is 2.12. The van der Waals surface area contributed by atoms with Crippen LogP contribution in [0.25, 0.3) is 0 Å². The fourth-order valence-corrected chi connectivity index (χ4v) is 0.579. The summed E-state index contributed by atoms with van der Waals surface area (Å²) in [5, 5.41) is 3.07. The average molecular weight is 238 g/mol. The summed E-state index contributed by atoms with van der Waals surface area (Å²) < 4.78 is 69.1. The molecule has 3 nitrogen and oxygen atoms in total. The lowest BCUT2D eigenvalue weighted by Gasteiger charge is -2.10. The Labute approximate surface area is 80.8 Å². The van der Waals surface area contributed by atoms with Crippen molar-refractivity contribution in [1.29, 1.82) is 0 Å². The Morgan fingerprint density at radius 2 is 1.40 bits per heavy atom. The van der Waals surface area contributed by atoms with Crippen molar-refractivity contribution in [3.05, 3.63) is 0 Å². The lowest BCUT2D eigenvalue weighted by atomic mass is 10.5. The second kappa shape index (κ2) is 5.19. The van der Waals surface area contributed by atoms with Crippen LogP contribution in [0.15, 0.2) is 0 Å². The summed E-state index contributed by atoms with van der Waals surface area (Å²) in [6.45, 7) is -3.79. The van der Waals surface area contributed by atoms with Gasteiger partial charge in [0.05, 0.1) is 13.1 Å². The Balaban J connectivity index is 3.60. The van der Waals surface area contributed by atoms with Gasteiger partial charge in [0.2, 0.25) is 5.91 Å². The number of rotatable bonds is 4. The highest BCUT2D eigenvalue weighted by atomic mass is 19.4. The Bertz CT molecular complexity index is 211. The van der Waals surface area contributed by atoms with Crippen LogP contribution in [0.4, 0.5) is 26.3 Å². The molecule has 0 unspecified atom stereocenters. The van der Waals surface area contributed by atoms with Crippen molar-refractivity contribution in [2.45, 2.75) is 12.4 Å². The molecule has 1 amide bonds. The summed E-state index contributed by atoms with van der Waals surface area (Å²) in [6, 6.07) is 0. The molecule has 0 radical (unpaired) electrons. The number of hydrogen-bond acceptors (Lipinski definition) is 2. The van der Waals surface area contributed by atoms with E-state index in [9.17, 15) is 31.1 Å². The minimum Gasteiger partial charge on any atom is -0.346 e. The molecule has 0 aliphatic carbocycles. The molecule has 0 atom stereocenters. The van der Waals surface area contributed by atoms with E-state index in [-0.39, 0.29) is 0 Å². The summed E-state index contributed by atoms with van der Waals surface area (Å²) in [5.74, 6) is -1.14. The monoisotopic (exact) mass is 238 g/mol. The van der Waals surface area contributed by atoms with Crippen molar-refractivity contribution >= 4 is 5.91 Å². The molecular formula is C6H8F6N2O. The van der Waals surface area contributed by atoms with Gasteiger partial charge in [0.15, 0.2) is 0 Å². The first kappa shape index (κ1) is 14.0. The summed E-state index contributed by atoms with van der Waals surface area (Å²) in [6.07, 6.45) is -9.07. The highest BCUT2D eigenvalue weighted by Gasteiger charge is 2.28. The Hall–Kier alpha value is -0.990. The van der Waals surface area contributed by atoms with Gasteiger partial charge in [0.1, 0.15) is 6.54 Å². The van der Waals surface area contributed by atoms with E-state index in [0.717, 1.165) is 0 Å². The van der Waals surface area contributed by atoms with Crippen LogP contribution in [0.5, 0.6) is 0 Å². The van der Waals surface area contributed by atoms with Crippen LogP contribution in [0.1, 0.15) is 0 Å². The van der Waals surface area contributed by atoms with Crippen molar-refractivity contribution in [1.82, 2.24) is 10.6 Å². The summed E-state index contributed by atoms with van der Waals surface area (Å²) in [4.78, 5) is 10.5. The quantitative estimate of drug-likeness (QED) is 0.712. The predicted octanol–water partition coefficient (Wildman–Crippen LogP) is 0.817. The van der Waals surface area contributed by atoms with Crippen molar-refractivity contribution in [2.24, 2.45) is 0 Å². The lowest BCUT2D eigenvalue weighted by molar-refractivity contribution is -0.139. The van der Waals surface area contributed by atoms with E-state index < -0.39 is 37.9 Å². The van der Waals surface area contributed by atoms with Crippen molar-refractivity contribution < 1.29 is 31.1 Å². The van der Waals surface area contributed by atoms with Gasteiger partial charge in [-0.2, -0.15) is 26.3 Å². The molecule has 2 N–H and O–H groups in total. The first-order valence-corrected chi connectivity index (χ1v) is 3.71. The SMILES string of the molecule is O=C(CNCC(F)(F)F)NCC(F)(F)F. The standard InChI is InChI=1S/C6H8F6N2O/c7-5(8,9)2-13-1-4(15)14-3-6(10,11)12/h13H,1-3H2,(H,14,15). The second-order valence-electron chi connectivity index (χ2n) is 2.61. The molecule has 0 aromatic carbocycles. The van der Waals surface area contributed by atoms with Gasteiger partial charge in [0.25, 0.3) is 0 Å². The third-order valence-electron chi connectivity index (χ3n) is 1.10. The minimum atomic E-state index is -4.57. The molecule has 0 fully saturated rings. The largest absolute Gasteiger partial charge is 0.405 e. The zero-order valence-electron chi connectivity index (χ0n) is 7.30. The minimum absolute atomic E-state index is 0.810. The van der Waals surface area contributed by atoms with E-state index in [4.69, 9.17) is 0 Å². The maximum absolute atomic E-state index is 11.5. The number of carbonyl (C=O) groups excluding carboxylic acids is 1. The van der Waals surface area contributed by atoms with Crippen LogP contribution in [-0.4, -0.2) is 37.9 Å². The number of nitrogens with one attached hydrogen (secondary N) is 2. The van der Waals surface area contributed by atoms with E-state index >= 15 is 0 Å². The first-order valence-electron chi connectivity index (χ1n) is 3.71. The molecule has 90 valence electrons. The van der Waals surface area contributed by atoms with Gasteiger partial charge in [-0.3, -0.25) is 4.79 Å². The van der Waals surface area contributed by atoms with Gasteiger partial charge in [-0.05, 0) is 0 Å². The van der Waals surface area contributed by atoms with Crippen LogP contribution in [0, 0.1) is 0 Å². The molecule has 0 aromatic rings. The number of hydrogen-bond donors (Lipinski definition) is 2. The van der Waals surface area contributed by atoms with Gasteiger partial charge >= 0.3 is 12.4 Å². The van der Waals surface area contributed by atoms with Crippen LogP contribution in [-0.2, 0) is 4.79 Å². The van der Waals surface area contributed by atoms with Crippen molar-refractivity contribution in [2.75, 3.05) is 19.6 Å². The molecule has 0 aliphatic rings. The molecule has 9 heteroatoms. The topological polar surface area (TPSA) is 41.1 Å². The van der Waals surface area contributed by atoms with E-state index in [1.165, 1.54) is 5.32 Å². The van der Waals surface area contributed by atoms with Gasteiger partial charge < -0.3 is 10.6 Å². The second-order valence-corrected chi connectivity index (χ2v) is 2.61. The Morgan fingerprint density at radius 1 is 0.933 bits per heavy atom. The first-order chi connectivity index (χ1) is 6.60.